The Balaban J connectivity index is 1.55. The highest BCUT2D eigenvalue weighted by Crippen LogP contribution is 2.30. The lowest BCUT2D eigenvalue weighted by atomic mass is 9.91. The lowest BCUT2D eigenvalue weighted by molar-refractivity contribution is 0.0976. The number of rotatable bonds is 5. The molecule has 2 aliphatic rings. The molecule has 0 spiro atoms. The van der Waals surface area contributed by atoms with E-state index in [1.807, 2.05) is 0 Å². The second-order valence-corrected chi connectivity index (χ2v) is 6.04. The molecular formula is C17H25NO. The predicted octanol–water partition coefficient (Wildman–Crippen LogP) is 2.95. The molecule has 2 heteroatoms. The zero-order valence-corrected chi connectivity index (χ0v) is 11.9. The molecule has 2 unspecified atom stereocenters. The summed E-state index contributed by atoms with van der Waals surface area (Å²) in [5, 5.41) is 3.55. The summed E-state index contributed by atoms with van der Waals surface area (Å²) in [4.78, 5) is 0. The van der Waals surface area contributed by atoms with Crippen LogP contribution in [0.25, 0.3) is 0 Å². The van der Waals surface area contributed by atoms with Crippen molar-refractivity contribution in [3.05, 3.63) is 35.4 Å². The second kappa shape index (κ2) is 6.06. The van der Waals surface area contributed by atoms with E-state index in [9.17, 15) is 0 Å². The maximum absolute atomic E-state index is 5.74. The summed E-state index contributed by atoms with van der Waals surface area (Å²) in [5.74, 6) is 0.767. The molecule has 1 aromatic carbocycles. The molecule has 1 aliphatic carbocycles. The van der Waals surface area contributed by atoms with Crippen molar-refractivity contribution in [1.82, 2.24) is 5.32 Å². The van der Waals surface area contributed by atoms with Crippen LogP contribution in [0, 0.1) is 5.92 Å². The summed E-state index contributed by atoms with van der Waals surface area (Å²) in [6.45, 7) is 0.976. The second-order valence-electron chi connectivity index (χ2n) is 6.04. The zero-order valence-electron chi connectivity index (χ0n) is 11.9. The van der Waals surface area contributed by atoms with E-state index in [0.29, 0.717) is 12.1 Å². The van der Waals surface area contributed by atoms with Gasteiger partial charge in [0.2, 0.25) is 0 Å². The van der Waals surface area contributed by atoms with Gasteiger partial charge in [-0.05, 0) is 62.6 Å². The molecule has 0 radical (unpaired) electrons. The maximum Gasteiger partial charge on any atom is 0.0576 e. The number of benzene rings is 1. The van der Waals surface area contributed by atoms with Crippen molar-refractivity contribution in [2.45, 2.75) is 50.7 Å². The summed E-state index contributed by atoms with van der Waals surface area (Å²) in [7, 11) is 2.11. The number of hydrogen-bond acceptors (Lipinski definition) is 2. The van der Waals surface area contributed by atoms with Crippen LogP contribution in [0.3, 0.4) is 0 Å². The van der Waals surface area contributed by atoms with Crippen LogP contribution < -0.4 is 5.32 Å². The van der Waals surface area contributed by atoms with Gasteiger partial charge in [-0.15, -0.1) is 0 Å². The average Bonchev–Trinajstić information content (AvgIpc) is 3.08. The first-order valence-corrected chi connectivity index (χ1v) is 7.72. The third-order valence-electron chi connectivity index (χ3n) is 4.85. The Morgan fingerprint density at radius 1 is 1.26 bits per heavy atom. The summed E-state index contributed by atoms with van der Waals surface area (Å²) in [6.07, 6.45) is 8.00. The van der Waals surface area contributed by atoms with E-state index < -0.39 is 0 Å². The molecule has 1 fully saturated rings. The molecule has 19 heavy (non-hydrogen) atoms. The molecule has 1 heterocycles. The maximum atomic E-state index is 5.74. The van der Waals surface area contributed by atoms with Gasteiger partial charge >= 0.3 is 0 Å². The third kappa shape index (κ3) is 3.01. The van der Waals surface area contributed by atoms with Gasteiger partial charge in [0.15, 0.2) is 0 Å². The fourth-order valence-corrected chi connectivity index (χ4v) is 3.73. The van der Waals surface area contributed by atoms with Crippen molar-refractivity contribution >= 4 is 0 Å². The van der Waals surface area contributed by atoms with E-state index in [4.69, 9.17) is 4.74 Å². The number of ether oxygens (including phenoxy) is 1. The molecule has 1 N–H and O–H groups in total. The molecule has 2 atom stereocenters. The van der Waals surface area contributed by atoms with Crippen LogP contribution in [0.5, 0.6) is 0 Å². The molecule has 0 amide bonds. The molecule has 2 nitrogen and oxygen atoms in total. The highest BCUT2D eigenvalue weighted by molar-refractivity contribution is 5.32. The van der Waals surface area contributed by atoms with Crippen molar-refractivity contribution in [2.24, 2.45) is 5.92 Å². The van der Waals surface area contributed by atoms with E-state index in [2.05, 4.69) is 36.6 Å². The third-order valence-corrected chi connectivity index (χ3v) is 4.85. The number of nitrogens with one attached hydrogen (secondary N) is 1. The topological polar surface area (TPSA) is 21.3 Å². The first-order chi connectivity index (χ1) is 9.36. The van der Waals surface area contributed by atoms with Crippen LogP contribution in [0.2, 0.25) is 0 Å². The van der Waals surface area contributed by atoms with E-state index in [1.165, 1.54) is 38.5 Å². The van der Waals surface area contributed by atoms with Crippen LogP contribution in [0.1, 0.15) is 36.8 Å². The largest absolute Gasteiger partial charge is 0.378 e. The smallest absolute Gasteiger partial charge is 0.0576 e. The minimum Gasteiger partial charge on any atom is -0.378 e. The highest BCUT2D eigenvalue weighted by atomic mass is 16.5. The van der Waals surface area contributed by atoms with Crippen molar-refractivity contribution < 1.29 is 4.74 Å². The lowest BCUT2D eigenvalue weighted by Gasteiger charge is -2.24. The monoisotopic (exact) mass is 259 g/mol. The fourth-order valence-electron chi connectivity index (χ4n) is 3.73. The standard InChI is InChI=1S/C17H25NO/c1-18-17(9-8-16-7-4-10-19-16)15-11-13-5-2-3-6-14(13)12-15/h2-3,5-6,15-18H,4,7-12H2,1H3. The molecule has 1 aromatic rings. The molecule has 3 rings (SSSR count). The van der Waals surface area contributed by atoms with Gasteiger partial charge in [0.25, 0.3) is 0 Å². The minimum atomic E-state index is 0.527. The van der Waals surface area contributed by atoms with Crippen LogP contribution >= 0.6 is 0 Å². The Kier molecular flexibility index (Phi) is 4.19. The minimum absolute atomic E-state index is 0.527. The van der Waals surface area contributed by atoms with Crippen LogP contribution in [-0.2, 0) is 17.6 Å². The van der Waals surface area contributed by atoms with Crippen molar-refractivity contribution in [3.63, 3.8) is 0 Å². The summed E-state index contributed by atoms with van der Waals surface area (Å²) < 4.78 is 5.74. The molecule has 104 valence electrons. The van der Waals surface area contributed by atoms with Gasteiger partial charge in [-0.25, -0.2) is 0 Å². The molecule has 1 saturated heterocycles. The van der Waals surface area contributed by atoms with E-state index in [-0.39, 0.29) is 0 Å². The zero-order chi connectivity index (χ0) is 13.1. The first kappa shape index (κ1) is 13.1. The van der Waals surface area contributed by atoms with E-state index in [1.54, 1.807) is 11.1 Å². The van der Waals surface area contributed by atoms with Gasteiger partial charge in [0.1, 0.15) is 0 Å². The Labute approximate surface area is 116 Å². The highest BCUT2D eigenvalue weighted by Gasteiger charge is 2.28. The number of hydrogen-bond donors (Lipinski definition) is 1. The Bertz CT molecular complexity index is 386. The lowest BCUT2D eigenvalue weighted by Crippen LogP contribution is -2.34. The van der Waals surface area contributed by atoms with Gasteiger partial charge < -0.3 is 10.1 Å². The van der Waals surface area contributed by atoms with E-state index in [0.717, 1.165) is 12.5 Å². The van der Waals surface area contributed by atoms with Crippen LogP contribution in [0.4, 0.5) is 0 Å². The van der Waals surface area contributed by atoms with E-state index >= 15 is 0 Å². The molecule has 0 bridgehead atoms. The Morgan fingerprint density at radius 3 is 2.58 bits per heavy atom. The van der Waals surface area contributed by atoms with Crippen LogP contribution in [-0.4, -0.2) is 25.8 Å². The van der Waals surface area contributed by atoms with Crippen molar-refractivity contribution in [2.75, 3.05) is 13.7 Å². The summed E-state index contributed by atoms with van der Waals surface area (Å²) in [6, 6.07) is 9.56. The van der Waals surface area contributed by atoms with Gasteiger partial charge in [0, 0.05) is 12.6 Å². The predicted molar refractivity (Wildman–Crippen MR) is 78.4 cm³/mol. The number of fused-ring (bicyclic) bond motifs is 1. The quantitative estimate of drug-likeness (QED) is 0.878. The molecular weight excluding hydrogens is 234 g/mol. The van der Waals surface area contributed by atoms with Crippen molar-refractivity contribution in [1.29, 1.82) is 0 Å². The Hall–Kier alpha value is -0.860. The molecule has 0 aromatic heterocycles. The Morgan fingerprint density at radius 2 is 2.00 bits per heavy atom. The summed E-state index contributed by atoms with van der Waals surface area (Å²) in [5.41, 5.74) is 3.12. The van der Waals surface area contributed by atoms with Crippen molar-refractivity contribution in [3.8, 4) is 0 Å². The van der Waals surface area contributed by atoms with Gasteiger partial charge in [0.05, 0.1) is 6.10 Å². The van der Waals surface area contributed by atoms with Gasteiger partial charge in [-0.2, -0.15) is 0 Å². The summed E-state index contributed by atoms with van der Waals surface area (Å²) >= 11 is 0. The fraction of sp³-hybridized carbons (Fsp3) is 0.647. The molecule has 0 saturated carbocycles. The molecule has 1 aliphatic heterocycles. The first-order valence-electron chi connectivity index (χ1n) is 7.72. The normalized spacial score (nSPS) is 24.6. The average molecular weight is 259 g/mol. The van der Waals surface area contributed by atoms with Gasteiger partial charge in [-0.3, -0.25) is 0 Å². The SMILES string of the molecule is CNC(CCC1CCCO1)C1Cc2ccccc2C1. The van der Waals surface area contributed by atoms with Crippen LogP contribution in [0.15, 0.2) is 24.3 Å². The van der Waals surface area contributed by atoms with Gasteiger partial charge in [-0.1, -0.05) is 24.3 Å².